The minimum absolute atomic E-state index is 0.0740. The van der Waals surface area contributed by atoms with Gasteiger partial charge in [-0.1, -0.05) is 25.5 Å². The zero-order valence-corrected chi connectivity index (χ0v) is 13.2. The number of nitrogens with zero attached hydrogens (tertiary/aromatic N) is 1. The first-order valence-electron chi connectivity index (χ1n) is 7.73. The topological polar surface area (TPSA) is 38.8 Å². The van der Waals surface area contributed by atoms with Crippen LogP contribution in [0.5, 0.6) is 5.75 Å². The number of rotatable bonds is 7. The number of esters is 1. The molecule has 4 heteroatoms. The van der Waals surface area contributed by atoms with Gasteiger partial charge < -0.3 is 9.47 Å². The maximum atomic E-state index is 12.1. The van der Waals surface area contributed by atoms with Crippen LogP contribution in [0.4, 0.5) is 0 Å². The summed E-state index contributed by atoms with van der Waals surface area (Å²) in [5.41, 5.74) is 1.20. The highest BCUT2D eigenvalue weighted by Crippen LogP contribution is 2.31. The molecule has 2 unspecified atom stereocenters. The van der Waals surface area contributed by atoms with Gasteiger partial charge in [-0.2, -0.15) is 0 Å². The minimum Gasteiger partial charge on any atom is -0.497 e. The van der Waals surface area contributed by atoms with Crippen LogP contribution in [0.2, 0.25) is 0 Å². The van der Waals surface area contributed by atoms with E-state index in [2.05, 4.69) is 30.9 Å². The summed E-state index contributed by atoms with van der Waals surface area (Å²) < 4.78 is 10.5. The molecule has 1 aliphatic rings. The van der Waals surface area contributed by atoms with Gasteiger partial charge in [0.2, 0.25) is 0 Å². The average Bonchev–Trinajstić information content (AvgIpc) is 2.46. The second-order valence-electron chi connectivity index (χ2n) is 5.51. The van der Waals surface area contributed by atoms with Crippen LogP contribution >= 0.6 is 0 Å². The quantitative estimate of drug-likeness (QED) is 0.571. The number of benzene rings is 1. The molecule has 21 heavy (non-hydrogen) atoms. The number of hydrogen-bond donors (Lipinski definition) is 0. The molecule has 0 aromatic heterocycles. The lowest BCUT2D eigenvalue weighted by atomic mass is 9.96. The van der Waals surface area contributed by atoms with Gasteiger partial charge in [0.15, 0.2) is 0 Å². The maximum Gasteiger partial charge on any atom is 0.323 e. The Bertz CT molecular complexity index is 458. The monoisotopic (exact) mass is 291 g/mol. The molecule has 1 fully saturated rings. The molecular weight excluding hydrogens is 266 g/mol. The molecule has 0 aliphatic carbocycles. The Balaban J connectivity index is 1.92. The van der Waals surface area contributed by atoms with Gasteiger partial charge in [0, 0.05) is 12.6 Å². The first-order chi connectivity index (χ1) is 10.2. The van der Waals surface area contributed by atoms with Crippen molar-refractivity contribution in [2.75, 3.05) is 20.3 Å². The molecule has 2 rings (SSSR count). The molecule has 1 saturated heterocycles. The van der Waals surface area contributed by atoms with E-state index in [1.165, 1.54) is 5.56 Å². The van der Waals surface area contributed by atoms with Crippen molar-refractivity contribution in [3.05, 3.63) is 29.8 Å². The van der Waals surface area contributed by atoms with E-state index in [4.69, 9.17) is 9.47 Å². The number of methoxy groups -OCH3 is 1. The highest BCUT2D eigenvalue weighted by molar-refractivity contribution is 5.77. The zero-order valence-electron chi connectivity index (χ0n) is 13.2. The van der Waals surface area contributed by atoms with E-state index >= 15 is 0 Å². The molecule has 4 nitrogen and oxygen atoms in total. The molecule has 2 atom stereocenters. The van der Waals surface area contributed by atoms with Crippen molar-refractivity contribution < 1.29 is 14.3 Å². The SMILES string of the molecule is CCCCOC(=O)C1CCN1C(C)c1ccc(OC)cc1. The molecule has 1 aromatic rings. The van der Waals surface area contributed by atoms with Crippen LogP contribution in [0.15, 0.2) is 24.3 Å². The Morgan fingerprint density at radius 1 is 1.38 bits per heavy atom. The zero-order chi connectivity index (χ0) is 15.2. The lowest BCUT2D eigenvalue weighted by Gasteiger charge is -2.43. The second-order valence-corrected chi connectivity index (χ2v) is 5.51. The Kier molecular flexibility index (Phi) is 5.62. The fourth-order valence-corrected chi connectivity index (χ4v) is 2.61. The van der Waals surface area contributed by atoms with Gasteiger partial charge in [-0.05, 0) is 37.5 Å². The molecule has 116 valence electrons. The molecule has 0 N–H and O–H groups in total. The third-order valence-corrected chi connectivity index (χ3v) is 4.17. The Morgan fingerprint density at radius 3 is 2.62 bits per heavy atom. The lowest BCUT2D eigenvalue weighted by molar-refractivity contribution is -0.157. The number of ether oxygens (including phenoxy) is 2. The van der Waals surface area contributed by atoms with Gasteiger partial charge in [0.1, 0.15) is 11.8 Å². The van der Waals surface area contributed by atoms with Gasteiger partial charge in [0.25, 0.3) is 0 Å². The normalized spacial score (nSPS) is 19.7. The largest absolute Gasteiger partial charge is 0.497 e. The fourth-order valence-electron chi connectivity index (χ4n) is 2.61. The molecule has 0 bridgehead atoms. The van der Waals surface area contributed by atoms with Gasteiger partial charge in [-0.3, -0.25) is 9.69 Å². The molecule has 1 heterocycles. The highest BCUT2D eigenvalue weighted by atomic mass is 16.5. The Morgan fingerprint density at radius 2 is 2.10 bits per heavy atom. The van der Waals surface area contributed by atoms with E-state index in [1.54, 1.807) is 7.11 Å². The van der Waals surface area contributed by atoms with E-state index in [-0.39, 0.29) is 18.1 Å². The predicted molar refractivity (Wildman–Crippen MR) is 82.4 cm³/mol. The first kappa shape index (κ1) is 15.8. The van der Waals surface area contributed by atoms with Crippen molar-refractivity contribution in [2.45, 2.75) is 45.2 Å². The summed E-state index contributed by atoms with van der Waals surface area (Å²) in [6.45, 7) is 5.71. The van der Waals surface area contributed by atoms with Crippen LogP contribution in [0.3, 0.4) is 0 Å². The number of unbranched alkanes of at least 4 members (excludes halogenated alkanes) is 1. The Hall–Kier alpha value is -1.55. The number of carbonyl (C=O) groups is 1. The van der Waals surface area contributed by atoms with E-state index in [1.807, 2.05) is 12.1 Å². The van der Waals surface area contributed by atoms with E-state index < -0.39 is 0 Å². The summed E-state index contributed by atoms with van der Waals surface area (Å²) in [5.74, 6) is 0.778. The number of likely N-dealkylation sites (tertiary alicyclic amines) is 1. The molecule has 0 radical (unpaired) electrons. The number of hydrogen-bond acceptors (Lipinski definition) is 4. The summed E-state index contributed by atoms with van der Waals surface area (Å²) in [5, 5.41) is 0. The van der Waals surface area contributed by atoms with E-state index in [0.717, 1.165) is 31.6 Å². The van der Waals surface area contributed by atoms with Crippen LogP contribution < -0.4 is 4.74 Å². The van der Waals surface area contributed by atoms with Crippen molar-refractivity contribution in [3.63, 3.8) is 0 Å². The standard InChI is InChI=1S/C17H25NO3/c1-4-5-12-21-17(19)16-10-11-18(16)13(2)14-6-8-15(20-3)9-7-14/h6-9,13,16H,4-5,10-12H2,1-3H3. The molecular formula is C17H25NO3. The van der Waals surface area contributed by atoms with E-state index in [0.29, 0.717) is 6.61 Å². The molecule has 1 aliphatic heterocycles. The summed E-state index contributed by atoms with van der Waals surface area (Å²) in [4.78, 5) is 14.3. The molecule has 0 amide bonds. The molecule has 0 spiro atoms. The van der Waals surface area contributed by atoms with Crippen molar-refractivity contribution in [3.8, 4) is 5.75 Å². The van der Waals surface area contributed by atoms with Crippen molar-refractivity contribution in [2.24, 2.45) is 0 Å². The molecule has 1 aromatic carbocycles. The Labute approximate surface area is 127 Å². The van der Waals surface area contributed by atoms with Gasteiger partial charge in [-0.15, -0.1) is 0 Å². The summed E-state index contributed by atoms with van der Waals surface area (Å²) in [6.07, 6.45) is 2.88. The van der Waals surface area contributed by atoms with Crippen molar-refractivity contribution in [1.29, 1.82) is 0 Å². The van der Waals surface area contributed by atoms with Gasteiger partial charge in [-0.25, -0.2) is 0 Å². The smallest absolute Gasteiger partial charge is 0.323 e. The van der Waals surface area contributed by atoms with Crippen molar-refractivity contribution >= 4 is 5.97 Å². The highest BCUT2D eigenvalue weighted by Gasteiger charge is 2.38. The van der Waals surface area contributed by atoms with Crippen LogP contribution in [-0.4, -0.2) is 37.2 Å². The third kappa shape index (κ3) is 3.76. The predicted octanol–water partition coefficient (Wildman–Crippen LogP) is 3.17. The van der Waals surface area contributed by atoms with Crippen LogP contribution in [0.1, 0.15) is 44.7 Å². The van der Waals surface area contributed by atoms with Gasteiger partial charge >= 0.3 is 5.97 Å². The van der Waals surface area contributed by atoms with Crippen LogP contribution in [0.25, 0.3) is 0 Å². The van der Waals surface area contributed by atoms with E-state index in [9.17, 15) is 4.79 Å². The minimum atomic E-state index is -0.0843. The number of carbonyl (C=O) groups excluding carboxylic acids is 1. The van der Waals surface area contributed by atoms with Crippen molar-refractivity contribution in [1.82, 2.24) is 4.90 Å². The van der Waals surface area contributed by atoms with Crippen LogP contribution in [0, 0.1) is 0 Å². The summed E-state index contributed by atoms with van der Waals surface area (Å²) in [7, 11) is 1.66. The summed E-state index contributed by atoms with van der Waals surface area (Å²) in [6, 6.07) is 8.16. The van der Waals surface area contributed by atoms with Gasteiger partial charge in [0.05, 0.1) is 13.7 Å². The summed E-state index contributed by atoms with van der Waals surface area (Å²) >= 11 is 0. The average molecular weight is 291 g/mol. The maximum absolute atomic E-state index is 12.1. The second kappa shape index (κ2) is 7.46. The first-order valence-corrected chi connectivity index (χ1v) is 7.73. The van der Waals surface area contributed by atoms with Crippen LogP contribution in [-0.2, 0) is 9.53 Å². The third-order valence-electron chi connectivity index (χ3n) is 4.17. The lowest BCUT2D eigenvalue weighted by Crippen LogP contribution is -2.53. The molecule has 0 saturated carbocycles. The fraction of sp³-hybridized carbons (Fsp3) is 0.588.